The van der Waals surface area contributed by atoms with Gasteiger partial charge in [-0.15, -0.1) is 12.1 Å². The maximum atomic E-state index is 12.5. The maximum absolute atomic E-state index is 12.5. The number of rotatable bonds is 1. The molecule has 0 aromatic heterocycles. The van der Waals surface area contributed by atoms with Crippen LogP contribution in [0.1, 0.15) is 19.4 Å². The first kappa shape index (κ1) is 7.13. The number of hydrogen-bond acceptors (Lipinski definition) is 0. The topological polar surface area (TPSA) is 0 Å². The molecule has 54 valence electrons. The molecule has 0 N–H and O–H groups in total. The molecule has 10 heavy (non-hydrogen) atoms. The Bertz CT molecular complexity index is 216. The van der Waals surface area contributed by atoms with Crippen LogP contribution in [0.4, 0.5) is 4.39 Å². The molecule has 0 amide bonds. The maximum Gasteiger partial charge on any atom is 0.0678 e. The fourth-order valence-corrected chi connectivity index (χ4v) is 0.799. The van der Waals surface area contributed by atoms with Crippen LogP contribution in [0.3, 0.4) is 0 Å². The van der Waals surface area contributed by atoms with Gasteiger partial charge in [0.15, 0.2) is 0 Å². The highest BCUT2D eigenvalue weighted by atomic mass is 19.1. The largest absolute Gasteiger partial charge is 0.222 e. The fourth-order valence-electron chi connectivity index (χ4n) is 0.799. The van der Waals surface area contributed by atoms with E-state index >= 15 is 0 Å². The van der Waals surface area contributed by atoms with Crippen LogP contribution in [0, 0.1) is 11.7 Å². The van der Waals surface area contributed by atoms with Crippen molar-refractivity contribution in [2.75, 3.05) is 0 Å². The monoisotopic (exact) mass is 137 g/mol. The minimum Gasteiger partial charge on any atom is -0.222 e. The summed E-state index contributed by atoms with van der Waals surface area (Å²) < 4.78 is 12.5. The zero-order valence-electron chi connectivity index (χ0n) is 6.19. The van der Waals surface area contributed by atoms with Crippen LogP contribution in [-0.2, 0) is 0 Å². The summed E-state index contributed by atoms with van der Waals surface area (Å²) in [6.07, 6.45) is 0. The summed E-state index contributed by atoms with van der Waals surface area (Å²) in [6.45, 7) is 3.93. The normalized spacial score (nSPS) is 9.50. The average Bonchev–Trinajstić information content (AvgIpc) is 1.88. The standard InChI is InChI=1S/C9H10F/c1-7(2)8-4-3-5-9(10)6-8/h3-6H,1-2H3/q-1. The van der Waals surface area contributed by atoms with E-state index in [4.69, 9.17) is 0 Å². The molecule has 0 unspecified atom stereocenters. The van der Waals surface area contributed by atoms with Crippen molar-refractivity contribution in [2.45, 2.75) is 13.8 Å². The quantitative estimate of drug-likeness (QED) is 0.522. The van der Waals surface area contributed by atoms with Crippen LogP contribution in [0.25, 0.3) is 0 Å². The van der Waals surface area contributed by atoms with E-state index in [9.17, 15) is 4.39 Å². The molecule has 0 heterocycles. The van der Waals surface area contributed by atoms with Gasteiger partial charge in [-0.25, -0.2) is 4.39 Å². The smallest absolute Gasteiger partial charge is 0.0678 e. The molecule has 0 saturated carbocycles. The molecule has 1 aromatic rings. The molecular formula is C9H10F-. The predicted octanol–water partition coefficient (Wildman–Crippen LogP) is 2.79. The Kier molecular flexibility index (Phi) is 1.95. The molecular weight excluding hydrogens is 127 g/mol. The summed E-state index contributed by atoms with van der Waals surface area (Å²) in [5, 5.41) is 0. The Morgan fingerprint density at radius 3 is 2.40 bits per heavy atom. The van der Waals surface area contributed by atoms with Crippen LogP contribution in [0.15, 0.2) is 24.3 Å². The first-order chi connectivity index (χ1) is 4.70. The second kappa shape index (κ2) is 2.74. The highest BCUT2D eigenvalue weighted by Crippen LogP contribution is 2.13. The molecule has 0 spiro atoms. The number of halogens is 1. The fraction of sp³-hybridized carbons (Fsp3) is 0.222. The molecule has 0 bridgehead atoms. The van der Waals surface area contributed by atoms with Crippen molar-refractivity contribution in [3.8, 4) is 0 Å². The van der Waals surface area contributed by atoms with Gasteiger partial charge in [-0.2, -0.15) is 17.5 Å². The number of hydrogen-bond donors (Lipinski definition) is 0. The predicted molar refractivity (Wildman–Crippen MR) is 40.1 cm³/mol. The average molecular weight is 137 g/mol. The zero-order valence-corrected chi connectivity index (χ0v) is 6.19. The minimum atomic E-state index is -0.168. The lowest BCUT2D eigenvalue weighted by Gasteiger charge is -2.13. The van der Waals surface area contributed by atoms with Gasteiger partial charge in [0.2, 0.25) is 0 Å². The summed E-state index contributed by atoms with van der Waals surface area (Å²) in [6, 6.07) is 6.61. The van der Waals surface area contributed by atoms with E-state index in [0.717, 1.165) is 11.5 Å². The third kappa shape index (κ3) is 1.50. The Morgan fingerprint density at radius 2 is 2.00 bits per heavy atom. The summed E-state index contributed by atoms with van der Waals surface area (Å²) in [5.74, 6) is 0.971. The summed E-state index contributed by atoms with van der Waals surface area (Å²) in [4.78, 5) is 0. The zero-order chi connectivity index (χ0) is 7.56. The highest BCUT2D eigenvalue weighted by Gasteiger charge is 1.87. The Balaban J connectivity index is 2.96. The molecule has 0 aliphatic heterocycles. The van der Waals surface area contributed by atoms with Gasteiger partial charge in [0.1, 0.15) is 0 Å². The Morgan fingerprint density at radius 1 is 1.30 bits per heavy atom. The van der Waals surface area contributed by atoms with E-state index in [0.29, 0.717) is 0 Å². The van der Waals surface area contributed by atoms with Gasteiger partial charge >= 0.3 is 0 Å². The molecule has 0 fully saturated rings. The van der Waals surface area contributed by atoms with Crippen LogP contribution in [0.5, 0.6) is 0 Å². The summed E-state index contributed by atoms with van der Waals surface area (Å²) in [7, 11) is 0. The van der Waals surface area contributed by atoms with Gasteiger partial charge in [-0.1, -0.05) is 19.9 Å². The Hall–Kier alpha value is -0.980. The minimum absolute atomic E-state index is 0.168. The lowest BCUT2D eigenvalue weighted by Crippen LogP contribution is -1.87. The SMILES string of the molecule is C[C-](C)c1cccc(F)c1. The van der Waals surface area contributed by atoms with Gasteiger partial charge in [-0.3, -0.25) is 0 Å². The lowest BCUT2D eigenvalue weighted by molar-refractivity contribution is 0.626. The van der Waals surface area contributed by atoms with Crippen LogP contribution in [-0.4, -0.2) is 0 Å². The first-order valence-electron chi connectivity index (χ1n) is 3.26. The van der Waals surface area contributed by atoms with Gasteiger partial charge in [-0.05, 0) is 0 Å². The van der Waals surface area contributed by atoms with E-state index in [1.54, 1.807) is 6.07 Å². The van der Waals surface area contributed by atoms with Crippen molar-refractivity contribution >= 4 is 0 Å². The van der Waals surface area contributed by atoms with Crippen molar-refractivity contribution in [2.24, 2.45) is 0 Å². The second-order valence-electron chi connectivity index (χ2n) is 2.51. The molecule has 0 aliphatic rings. The third-order valence-electron chi connectivity index (χ3n) is 1.40. The Labute approximate surface area is 60.7 Å². The van der Waals surface area contributed by atoms with Crippen LogP contribution < -0.4 is 0 Å². The van der Waals surface area contributed by atoms with Crippen molar-refractivity contribution in [1.29, 1.82) is 0 Å². The van der Waals surface area contributed by atoms with Crippen LogP contribution >= 0.6 is 0 Å². The van der Waals surface area contributed by atoms with Crippen molar-refractivity contribution in [3.05, 3.63) is 41.6 Å². The molecule has 0 saturated heterocycles. The summed E-state index contributed by atoms with van der Waals surface area (Å²) >= 11 is 0. The van der Waals surface area contributed by atoms with Gasteiger partial charge in [0, 0.05) is 0 Å². The van der Waals surface area contributed by atoms with E-state index in [1.165, 1.54) is 12.1 Å². The van der Waals surface area contributed by atoms with E-state index < -0.39 is 0 Å². The van der Waals surface area contributed by atoms with E-state index in [1.807, 2.05) is 19.9 Å². The molecule has 1 rings (SSSR count). The van der Waals surface area contributed by atoms with Gasteiger partial charge < -0.3 is 0 Å². The van der Waals surface area contributed by atoms with Crippen molar-refractivity contribution in [3.63, 3.8) is 0 Å². The third-order valence-corrected chi connectivity index (χ3v) is 1.40. The van der Waals surface area contributed by atoms with Crippen LogP contribution in [0.2, 0.25) is 0 Å². The molecule has 0 aliphatic carbocycles. The molecule has 1 aromatic carbocycles. The van der Waals surface area contributed by atoms with Crippen molar-refractivity contribution in [1.82, 2.24) is 0 Å². The highest BCUT2D eigenvalue weighted by molar-refractivity contribution is 5.28. The van der Waals surface area contributed by atoms with E-state index in [-0.39, 0.29) is 5.82 Å². The first-order valence-corrected chi connectivity index (χ1v) is 3.26. The molecule has 0 radical (unpaired) electrons. The molecule has 0 nitrogen and oxygen atoms in total. The number of benzene rings is 1. The van der Waals surface area contributed by atoms with Gasteiger partial charge in [0.05, 0.1) is 5.82 Å². The summed E-state index contributed by atoms with van der Waals surface area (Å²) in [5.41, 5.74) is 0.972. The lowest BCUT2D eigenvalue weighted by atomic mass is 10.0. The van der Waals surface area contributed by atoms with E-state index in [2.05, 4.69) is 0 Å². The molecule has 1 heteroatoms. The molecule has 0 atom stereocenters. The second-order valence-corrected chi connectivity index (χ2v) is 2.51. The van der Waals surface area contributed by atoms with Gasteiger partial charge in [0.25, 0.3) is 0 Å². The van der Waals surface area contributed by atoms with Crippen molar-refractivity contribution < 1.29 is 4.39 Å².